The molecule has 2 rings (SSSR count). The van der Waals surface area contributed by atoms with Crippen molar-refractivity contribution < 1.29 is 4.42 Å². The van der Waals surface area contributed by atoms with Crippen LogP contribution in [-0.4, -0.2) is 19.0 Å². The molecule has 1 aromatic heterocycles. The highest BCUT2D eigenvalue weighted by atomic mass is 35.5. The van der Waals surface area contributed by atoms with Crippen molar-refractivity contribution in [3.8, 4) is 0 Å². The second-order valence-corrected chi connectivity index (χ2v) is 5.48. The monoisotopic (exact) mass is 292 g/mol. The first-order valence-corrected chi connectivity index (χ1v) is 7.16. The minimum atomic E-state index is 0.284. The minimum Gasteiger partial charge on any atom is -0.463 e. The molecule has 108 valence electrons. The standard InChI is InChI=1S/C16H21ClN2O/c1-12(13-5-4-6-14(17)9-13)19(3)11-16-8-7-15(20-16)10-18-2/h4-9,12,18H,10-11H2,1-3H3. The predicted molar refractivity (Wildman–Crippen MR) is 82.8 cm³/mol. The first-order valence-electron chi connectivity index (χ1n) is 6.78. The zero-order chi connectivity index (χ0) is 14.5. The van der Waals surface area contributed by atoms with Gasteiger partial charge in [-0.05, 0) is 50.8 Å². The molecule has 1 heterocycles. The summed E-state index contributed by atoms with van der Waals surface area (Å²) in [6, 6.07) is 12.3. The molecule has 0 bridgehead atoms. The van der Waals surface area contributed by atoms with Gasteiger partial charge < -0.3 is 9.73 Å². The van der Waals surface area contributed by atoms with Gasteiger partial charge in [-0.2, -0.15) is 0 Å². The second-order valence-electron chi connectivity index (χ2n) is 5.04. The summed E-state index contributed by atoms with van der Waals surface area (Å²) in [5, 5.41) is 3.86. The smallest absolute Gasteiger partial charge is 0.118 e. The fraction of sp³-hybridized carbons (Fsp3) is 0.375. The molecular weight excluding hydrogens is 272 g/mol. The van der Waals surface area contributed by atoms with Crippen molar-refractivity contribution in [1.82, 2.24) is 10.2 Å². The molecular formula is C16H21ClN2O. The summed E-state index contributed by atoms with van der Waals surface area (Å²) in [6.07, 6.45) is 0. The van der Waals surface area contributed by atoms with Crippen molar-refractivity contribution >= 4 is 11.6 Å². The van der Waals surface area contributed by atoms with Gasteiger partial charge in [0.25, 0.3) is 0 Å². The van der Waals surface area contributed by atoms with Crippen molar-refractivity contribution in [1.29, 1.82) is 0 Å². The van der Waals surface area contributed by atoms with Gasteiger partial charge in [-0.25, -0.2) is 0 Å². The highest BCUT2D eigenvalue weighted by Gasteiger charge is 2.14. The number of furan rings is 1. The van der Waals surface area contributed by atoms with E-state index in [1.54, 1.807) is 0 Å². The Morgan fingerprint density at radius 2 is 2.00 bits per heavy atom. The van der Waals surface area contributed by atoms with Crippen molar-refractivity contribution in [2.45, 2.75) is 26.1 Å². The molecule has 1 N–H and O–H groups in total. The third kappa shape index (κ3) is 3.85. The number of halogens is 1. The first-order chi connectivity index (χ1) is 9.60. The molecule has 0 saturated heterocycles. The number of hydrogen-bond acceptors (Lipinski definition) is 3. The molecule has 1 aromatic carbocycles. The van der Waals surface area contributed by atoms with E-state index >= 15 is 0 Å². The molecule has 0 aliphatic heterocycles. The van der Waals surface area contributed by atoms with Gasteiger partial charge in [0.2, 0.25) is 0 Å². The van der Waals surface area contributed by atoms with Crippen molar-refractivity contribution in [3.63, 3.8) is 0 Å². The number of benzene rings is 1. The first kappa shape index (κ1) is 15.1. The van der Waals surface area contributed by atoms with Gasteiger partial charge in [-0.3, -0.25) is 4.90 Å². The summed E-state index contributed by atoms with van der Waals surface area (Å²) in [7, 11) is 4.00. The largest absolute Gasteiger partial charge is 0.463 e. The zero-order valence-corrected chi connectivity index (χ0v) is 12.9. The molecule has 0 aliphatic rings. The van der Waals surface area contributed by atoms with Crippen LogP contribution in [0.2, 0.25) is 5.02 Å². The van der Waals surface area contributed by atoms with Gasteiger partial charge in [0.05, 0.1) is 13.1 Å². The van der Waals surface area contributed by atoms with Crippen LogP contribution in [0.4, 0.5) is 0 Å². The van der Waals surface area contributed by atoms with Gasteiger partial charge in [-0.15, -0.1) is 0 Å². The maximum absolute atomic E-state index is 6.05. The van der Waals surface area contributed by atoms with Crippen LogP contribution >= 0.6 is 11.6 Å². The molecule has 1 unspecified atom stereocenters. The van der Waals surface area contributed by atoms with E-state index in [1.807, 2.05) is 37.4 Å². The van der Waals surface area contributed by atoms with Crippen LogP contribution in [0, 0.1) is 0 Å². The third-order valence-electron chi connectivity index (χ3n) is 3.47. The average molecular weight is 293 g/mol. The van der Waals surface area contributed by atoms with Gasteiger partial charge in [0, 0.05) is 11.1 Å². The fourth-order valence-electron chi connectivity index (χ4n) is 2.18. The number of nitrogens with zero attached hydrogens (tertiary/aromatic N) is 1. The summed E-state index contributed by atoms with van der Waals surface area (Å²) in [5.74, 6) is 1.94. The summed E-state index contributed by atoms with van der Waals surface area (Å²) >= 11 is 6.05. The van der Waals surface area contributed by atoms with E-state index in [0.717, 1.165) is 29.6 Å². The third-order valence-corrected chi connectivity index (χ3v) is 3.70. The van der Waals surface area contributed by atoms with Crippen LogP contribution in [0.1, 0.15) is 30.0 Å². The second kappa shape index (κ2) is 6.93. The lowest BCUT2D eigenvalue weighted by Gasteiger charge is -2.24. The lowest BCUT2D eigenvalue weighted by Crippen LogP contribution is -2.21. The van der Waals surface area contributed by atoms with E-state index < -0.39 is 0 Å². The van der Waals surface area contributed by atoms with Crippen LogP contribution < -0.4 is 5.32 Å². The SMILES string of the molecule is CNCc1ccc(CN(C)C(C)c2cccc(Cl)c2)o1. The Balaban J connectivity index is 2.01. The Hall–Kier alpha value is -1.29. The summed E-state index contributed by atoms with van der Waals surface area (Å²) < 4.78 is 5.77. The highest BCUT2D eigenvalue weighted by Crippen LogP contribution is 2.23. The maximum Gasteiger partial charge on any atom is 0.118 e. The summed E-state index contributed by atoms with van der Waals surface area (Å²) in [4.78, 5) is 2.24. The van der Waals surface area contributed by atoms with Crippen LogP contribution in [0.3, 0.4) is 0 Å². The Morgan fingerprint density at radius 3 is 2.70 bits per heavy atom. The number of nitrogens with one attached hydrogen (secondary N) is 1. The van der Waals surface area contributed by atoms with Crippen molar-refractivity contribution in [2.75, 3.05) is 14.1 Å². The molecule has 0 aliphatic carbocycles. The van der Waals surface area contributed by atoms with E-state index in [9.17, 15) is 0 Å². The molecule has 1 atom stereocenters. The van der Waals surface area contributed by atoms with Crippen LogP contribution in [-0.2, 0) is 13.1 Å². The fourth-order valence-corrected chi connectivity index (χ4v) is 2.38. The lowest BCUT2D eigenvalue weighted by atomic mass is 10.1. The molecule has 0 amide bonds. The molecule has 0 saturated carbocycles. The Morgan fingerprint density at radius 1 is 1.25 bits per heavy atom. The van der Waals surface area contributed by atoms with Crippen molar-refractivity contribution in [2.24, 2.45) is 0 Å². The molecule has 2 aromatic rings. The molecule has 0 fully saturated rings. The van der Waals surface area contributed by atoms with Gasteiger partial charge >= 0.3 is 0 Å². The Kier molecular flexibility index (Phi) is 5.24. The molecule has 0 spiro atoms. The van der Waals surface area contributed by atoms with Gasteiger partial charge in [0.15, 0.2) is 0 Å². The Labute approximate surface area is 125 Å². The lowest BCUT2D eigenvalue weighted by molar-refractivity contribution is 0.230. The number of hydrogen-bond donors (Lipinski definition) is 1. The predicted octanol–water partition coefficient (Wildman–Crippen LogP) is 3.85. The van der Waals surface area contributed by atoms with E-state index in [0.29, 0.717) is 0 Å². The zero-order valence-electron chi connectivity index (χ0n) is 12.2. The van der Waals surface area contributed by atoms with Crippen LogP contribution in [0.15, 0.2) is 40.8 Å². The van der Waals surface area contributed by atoms with E-state index in [2.05, 4.69) is 30.3 Å². The molecule has 0 radical (unpaired) electrons. The minimum absolute atomic E-state index is 0.284. The van der Waals surface area contributed by atoms with E-state index in [-0.39, 0.29) is 6.04 Å². The average Bonchev–Trinajstić information content (AvgIpc) is 2.85. The summed E-state index contributed by atoms with van der Waals surface area (Å²) in [6.45, 7) is 3.70. The van der Waals surface area contributed by atoms with Gasteiger partial charge in [0.1, 0.15) is 11.5 Å². The normalized spacial score (nSPS) is 12.8. The van der Waals surface area contributed by atoms with Gasteiger partial charge in [-0.1, -0.05) is 23.7 Å². The topological polar surface area (TPSA) is 28.4 Å². The highest BCUT2D eigenvalue weighted by molar-refractivity contribution is 6.30. The van der Waals surface area contributed by atoms with Crippen LogP contribution in [0.5, 0.6) is 0 Å². The van der Waals surface area contributed by atoms with Crippen molar-refractivity contribution in [3.05, 3.63) is 58.5 Å². The van der Waals surface area contributed by atoms with E-state index in [1.165, 1.54) is 5.56 Å². The maximum atomic E-state index is 6.05. The molecule has 20 heavy (non-hydrogen) atoms. The number of rotatable bonds is 6. The Bertz CT molecular complexity index is 553. The quantitative estimate of drug-likeness (QED) is 0.877. The van der Waals surface area contributed by atoms with Crippen LogP contribution in [0.25, 0.3) is 0 Å². The van der Waals surface area contributed by atoms with E-state index in [4.69, 9.17) is 16.0 Å². The summed E-state index contributed by atoms with van der Waals surface area (Å²) in [5.41, 5.74) is 1.21. The molecule has 4 heteroatoms. The molecule has 3 nitrogen and oxygen atoms in total.